The highest BCUT2D eigenvalue weighted by molar-refractivity contribution is 6.59. The topological polar surface area (TPSA) is 49.7 Å². The van der Waals surface area contributed by atoms with Gasteiger partial charge in [-0.15, -0.1) is 0 Å². The molecule has 0 aliphatic rings. The Kier molecular flexibility index (Phi) is 4.18. The molecule has 0 spiro atoms. The van der Waals surface area contributed by atoms with Crippen LogP contribution in [0.5, 0.6) is 5.75 Å². The molecule has 15 heavy (non-hydrogen) atoms. The summed E-state index contributed by atoms with van der Waals surface area (Å²) in [5.74, 6) is 1.01. The van der Waals surface area contributed by atoms with Crippen molar-refractivity contribution in [1.29, 1.82) is 0 Å². The highest BCUT2D eigenvalue weighted by Crippen LogP contribution is 2.18. The third-order valence-electron chi connectivity index (χ3n) is 2.27. The molecule has 82 valence electrons. The summed E-state index contributed by atoms with van der Waals surface area (Å²) in [5.41, 5.74) is 1.46. The van der Waals surface area contributed by atoms with Crippen LogP contribution < -0.4 is 10.2 Å². The number of hydrogen-bond acceptors (Lipinski definition) is 3. The first-order valence-electron chi connectivity index (χ1n) is 5.19. The average molecular weight is 208 g/mol. The lowest BCUT2D eigenvalue weighted by molar-refractivity contribution is 0.340. The predicted molar refractivity (Wildman–Crippen MR) is 61.5 cm³/mol. The number of ether oxygens (including phenoxy) is 1. The van der Waals surface area contributed by atoms with Crippen molar-refractivity contribution < 1.29 is 14.8 Å². The third-order valence-corrected chi connectivity index (χ3v) is 2.27. The van der Waals surface area contributed by atoms with Crippen LogP contribution in [0.2, 0.25) is 0 Å². The van der Waals surface area contributed by atoms with Crippen LogP contribution in [0, 0.1) is 0 Å². The quantitative estimate of drug-likeness (QED) is 0.722. The molecule has 0 bridgehead atoms. The van der Waals surface area contributed by atoms with E-state index < -0.39 is 7.12 Å². The molecule has 1 aromatic carbocycles. The zero-order chi connectivity index (χ0) is 11.4. The monoisotopic (exact) mass is 208 g/mol. The fourth-order valence-electron chi connectivity index (χ4n) is 1.54. The fourth-order valence-corrected chi connectivity index (χ4v) is 1.54. The van der Waals surface area contributed by atoms with Gasteiger partial charge in [0.2, 0.25) is 0 Å². The van der Waals surface area contributed by atoms with Crippen LogP contribution in [-0.2, 0) is 0 Å². The lowest BCUT2D eigenvalue weighted by Gasteiger charge is -2.14. The van der Waals surface area contributed by atoms with Gasteiger partial charge >= 0.3 is 7.12 Å². The van der Waals surface area contributed by atoms with Crippen molar-refractivity contribution in [2.45, 2.75) is 26.7 Å². The fraction of sp³-hybridized carbons (Fsp3) is 0.455. The second kappa shape index (κ2) is 5.19. The summed E-state index contributed by atoms with van der Waals surface area (Å²) < 4.78 is 5.37. The SMILES string of the molecule is CCOc1ccc(B(O)O)c(C(C)C)c1. The summed E-state index contributed by atoms with van der Waals surface area (Å²) in [6.45, 7) is 6.55. The Hall–Kier alpha value is -0.995. The van der Waals surface area contributed by atoms with Gasteiger partial charge in [0.05, 0.1) is 6.61 Å². The van der Waals surface area contributed by atoms with Crippen LogP contribution in [0.15, 0.2) is 18.2 Å². The molecule has 1 aromatic rings. The largest absolute Gasteiger partial charge is 0.494 e. The third kappa shape index (κ3) is 2.98. The Balaban J connectivity index is 3.09. The second-order valence-corrected chi connectivity index (χ2v) is 3.75. The van der Waals surface area contributed by atoms with Gasteiger partial charge in [0.25, 0.3) is 0 Å². The minimum absolute atomic E-state index is 0.238. The van der Waals surface area contributed by atoms with E-state index >= 15 is 0 Å². The van der Waals surface area contributed by atoms with E-state index in [4.69, 9.17) is 4.74 Å². The lowest BCUT2D eigenvalue weighted by Crippen LogP contribution is -2.33. The summed E-state index contributed by atoms with van der Waals surface area (Å²) in [7, 11) is -1.42. The number of hydrogen-bond donors (Lipinski definition) is 2. The highest BCUT2D eigenvalue weighted by atomic mass is 16.5. The van der Waals surface area contributed by atoms with Gasteiger partial charge in [-0.3, -0.25) is 0 Å². The normalized spacial score (nSPS) is 10.5. The van der Waals surface area contributed by atoms with E-state index in [0.29, 0.717) is 12.1 Å². The molecule has 0 amide bonds. The molecule has 4 heteroatoms. The standard InChI is InChI=1S/C11H17BO3/c1-4-15-9-5-6-11(12(13)14)10(7-9)8(2)3/h5-8,13-14H,4H2,1-3H3. The molecule has 1 rings (SSSR count). The molecule has 2 N–H and O–H groups in total. The van der Waals surface area contributed by atoms with Gasteiger partial charge in [-0.25, -0.2) is 0 Å². The van der Waals surface area contributed by atoms with E-state index in [2.05, 4.69) is 0 Å². The maximum atomic E-state index is 9.19. The van der Waals surface area contributed by atoms with Crippen LogP contribution in [0.25, 0.3) is 0 Å². The summed E-state index contributed by atoms with van der Waals surface area (Å²) in [4.78, 5) is 0. The first-order chi connectivity index (χ1) is 7.06. The second-order valence-electron chi connectivity index (χ2n) is 3.75. The van der Waals surface area contributed by atoms with E-state index in [1.807, 2.05) is 26.8 Å². The Bertz CT molecular complexity index is 324. The van der Waals surface area contributed by atoms with E-state index in [9.17, 15) is 10.0 Å². The maximum Gasteiger partial charge on any atom is 0.488 e. The number of rotatable bonds is 4. The van der Waals surface area contributed by atoms with Gasteiger partial charge in [0, 0.05) is 0 Å². The molecule has 0 atom stereocenters. The Morgan fingerprint density at radius 3 is 2.47 bits per heavy atom. The van der Waals surface area contributed by atoms with Crippen molar-refractivity contribution in [3.05, 3.63) is 23.8 Å². The van der Waals surface area contributed by atoms with E-state index in [0.717, 1.165) is 11.3 Å². The van der Waals surface area contributed by atoms with Gasteiger partial charge in [-0.2, -0.15) is 0 Å². The molecule has 0 aliphatic heterocycles. The molecule has 0 fully saturated rings. The molecule has 0 radical (unpaired) electrons. The molecule has 0 unspecified atom stereocenters. The number of benzene rings is 1. The van der Waals surface area contributed by atoms with E-state index in [-0.39, 0.29) is 5.92 Å². The van der Waals surface area contributed by atoms with Crippen LogP contribution in [-0.4, -0.2) is 23.8 Å². The Labute approximate surface area is 90.9 Å². The average Bonchev–Trinajstić information content (AvgIpc) is 2.17. The summed E-state index contributed by atoms with van der Waals surface area (Å²) in [6.07, 6.45) is 0. The zero-order valence-corrected chi connectivity index (χ0v) is 9.40. The van der Waals surface area contributed by atoms with Crippen LogP contribution in [0.1, 0.15) is 32.3 Å². The minimum atomic E-state index is -1.42. The summed E-state index contributed by atoms with van der Waals surface area (Å²) in [6, 6.07) is 5.32. The molecular weight excluding hydrogens is 191 g/mol. The van der Waals surface area contributed by atoms with E-state index in [1.54, 1.807) is 12.1 Å². The molecule has 3 nitrogen and oxygen atoms in total. The molecule has 0 aliphatic carbocycles. The first kappa shape index (κ1) is 12.1. The van der Waals surface area contributed by atoms with Crippen molar-refractivity contribution in [3.8, 4) is 5.75 Å². The smallest absolute Gasteiger partial charge is 0.488 e. The van der Waals surface area contributed by atoms with Crippen LogP contribution >= 0.6 is 0 Å². The van der Waals surface area contributed by atoms with Crippen molar-refractivity contribution in [2.24, 2.45) is 0 Å². The summed E-state index contributed by atoms with van der Waals surface area (Å²) >= 11 is 0. The summed E-state index contributed by atoms with van der Waals surface area (Å²) in [5, 5.41) is 18.4. The van der Waals surface area contributed by atoms with Gasteiger partial charge in [0.1, 0.15) is 5.75 Å². The maximum absolute atomic E-state index is 9.19. The molecule has 0 heterocycles. The highest BCUT2D eigenvalue weighted by Gasteiger charge is 2.18. The first-order valence-corrected chi connectivity index (χ1v) is 5.19. The molecule has 0 aromatic heterocycles. The minimum Gasteiger partial charge on any atom is -0.494 e. The molecular formula is C11H17BO3. The van der Waals surface area contributed by atoms with Gasteiger partial charge in [-0.05, 0) is 36.0 Å². The van der Waals surface area contributed by atoms with E-state index in [1.165, 1.54) is 0 Å². The van der Waals surface area contributed by atoms with Crippen molar-refractivity contribution in [3.63, 3.8) is 0 Å². The zero-order valence-electron chi connectivity index (χ0n) is 9.40. The predicted octanol–water partition coefficient (Wildman–Crippen LogP) is 0.888. The molecule has 0 saturated carbocycles. The Morgan fingerprint density at radius 2 is 2.00 bits per heavy atom. The van der Waals surface area contributed by atoms with Crippen LogP contribution in [0.4, 0.5) is 0 Å². The Morgan fingerprint density at radius 1 is 1.33 bits per heavy atom. The molecule has 0 saturated heterocycles. The van der Waals surface area contributed by atoms with Gasteiger partial charge in [0.15, 0.2) is 0 Å². The van der Waals surface area contributed by atoms with Crippen LogP contribution in [0.3, 0.4) is 0 Å². The van der Waals surface area contributed by atoms with Crippen molar-refractivity contribution in [1.82, 2.24) is 0 Å². The van der Waals surface area contributed by atoms with Gasteiger partial charge < -0.3 is 14.8 Å². The van der Waals surface area contributed by atoms with Gasteiger partial charge in [-0.1, -0.05) is 19.9 Å². The van der Waals surface area contributed by atoms with Crippen molar-refractivity contribution in [2.75, 3.05) is 6.61 Å². The lowest BCUT2D eigenvalue weighted by atomic mass is 9.74. The van der Waals surface area contributed by atoms with Crippen molar-refractivity contribution >= 4 is 12.6 Å².